The second-order valence-corrected chi connectivity index (χ2v) is 4.31. The molecule has 0 radical (unpaired) electrons. The fourth-order valence-corrected chi connectivity index (χ4v) is 2.01. The third-order valence-corrected chi connectivity index (χ3v) is 2.82. The normalized spacial score (nSPS) is 14.9. The van der Waals surface area contributed by atoms with Crippen LogP contribution < -0.4 is 5.32 Å². The quantitative estimate of drug-likeness (QED) is 0.682. The Morgan fingerprint density at radius 3 is 2.81 bits per heavy atom. The summed E-state index contributed by atoms with van der Waals surface area (Å²) < 4.78 is 38.9. The highest BCUT2D eigenvalue weighted by molar-refractivity contribution is 6.32. The number of rotatable bonds is 3. The van der Waals surface area contributed by atoms with Crippen LogP contribution in [0.1, 0.15) is 5.56 Å². The van der Waals surface area contributed by atoms with Crippen LogP contribution in [0.5, 0.6) is 0 Å². The number of nitrogens with zero attached hydrogens (tertiary/aromatic N) is 3. The topological polar surface area (TPSA) is 80.0 Å². The third kappa shape index (κ3) is 3.45. The molecule has 0 saturated heterocycles. The van der Waals surface area contributed by atoms with Gasteiger partial charge in [0.2, 0.25) is 5.96 Å². The highest BCUT2D eigenvalue weighted by Crippen LogP contribution is 2.39. The first-order chi connectivity index (χ1) is 9.79. The molecule has 0 unspecified atom stereocenters. The van der Waals surface area contributed by atoms with Gasteiger partial charge in [-0.25, -0.2) is 4.99 Å². The molecule has 11 heteroatoms. The molecule has 1 aliphatic rings. The number of nitrogens with one attached hydrogen (secondary N) is 1. The van der Waals surface area contributed by atoms with Crippen molar-refractivity contribution in [3.8, 4) is 0 Å². The number of hydrogen-bond donors (Lipinski definition) is 1. The van der Waals surface area contributed by atoms with Crippen molar-refractivity contribution in [1.29, 1.82) is 0 Å². The van der Waals surface area contributed by atoms with Gasteiger partial charge in [0.15, 0.2) is 0 Å². The fourth-order valence-electron chi connectivity index (χ4n) is 1.73. The molecule has 0 atom stereocenters. The summed E-state index contributed by atoms with van der Waals surface area (Å²) in [5.41, 5.74) is -1.45. The minimum absolute atomic E-state index is 0.0469. The minimum Gasteiger partial charge on any atom is -0.324 e. The number of hydrogen-bond acceptors (Lipinski definition) is 6. The maximum absolute atomic E-state index is 13.0. The molecule has 1 aromatic carbocycles. The average Bonchev–Trinajstić information content (AvgIpc) is 2.74. The molecule has 0 spiro atoms. The van der Waals surface area contributed by atoms with Crippen LogP contribution in [0.3, 0.4) is 0 Å². The summed E-state index contributed by atoms with van der Waals surface area (Å²) in [6, 6.07) is 3.55. The van der Waals surface area contributed by atoms with E-state index in [-0.39, 0.29) is 24.7 Å². The van der Waals surface area contributed by atoms with Gasteiger partial charge in [0, 0.05) is 0 Å². The van der Waals surface area contributed by atoms with Crippen LogP contribution in [0.25, 0.3) is 0 Å². The molecule has 21 heavy (non-hydrogen) atoms. The van der Waals surface area contributed by atoms with Crippen molar-refractivity contribution in [1.82, 2.24) is 5.06 Å². The maximum Gasteiger partial charge on any atom is 0.419 e. The molecule has 1 aromatic rings. The van der Waals surface area contributed by atoms with E-state index in [2.05, 4.69) is 15.2 Å². The third-order valence-electron chi connectivity index (χ3n) is 2.51. The molecule has 0 aromatic heterocycles. The summed E-state index contributed by atoms with van der Waals surface area (Å²) in [7, 11) is 0. The zero-order valence-electron chi connectivity index (χ0n) is 10.2. The van der Waals surface area contributed by atoms with Crippen LogP contribution in [-0.2, 0) is 11.1 Å². The van der Waals surface area contributed by atoms with Crippen molar-refractivity contribution in [2.24, 2.45) is 4.99 Å². The molecule has 1 heterocycles. The molecule has 2 rings (SSSR count). The molecule has 0 saturated carbocycles. The van der Waals surface area contributed by atoms with Crippen molar-refractivity contribution >= 4 is 23.2 Å². The standard InChI is InChI=1S/C10H8ClF3N4O3/c11-6-2-1-3-7(8(6)10(12,13)14)16-9-15-4-5-17(9)21-18(19)20/h1-3H,4-5H2,(H,15,16). The van der Waals surface area contributed by atoms with Gasteiger partial charge in [-0.05, 0) is 12.1 Å². The van der Waals surface area contributed by atoms with Crippen LogP contribution in [0, 0.1) is 10.1 Å². The molecule has 0 amide bonds. The van der Waals surface area contributed by atoms with E-state index in [0.29, 0.717) is 0 Å². The smallest absolute Gasteiger partial charge is 0.324 e. The van der Waals surface area contributed by atoms with Gasteiger partial charge >= 0.3 is 11.3 Å². The van der Waals surface area contributed by atoms with Gasteiger partial charge in [-0.2, -0.15) is 23.2 Å². The Labute approximate surface area is 121 Å². The highest BCUT2D eigenvalue weighted by Gasteiger charge is 2.37. The Morgan fingerprint density at radius 2 is 2.19 bits per heavy atom. The molecular formula is C10H8ClF3N4O3. The Kier molecular flexibility index (Phi) is 4.07. The van der Waals surface area contributed by atoms with Gasteiger partial charge in [-0.1, -0.05) is 17.7 Å². The molecule has 7 nitrogen and oxygen atoms in total. The van der Waals surface area contributed by atoms with E-state index in [0.717, 1.165) is 17.2 Å². The summed E-state index contributed by atoms with van der Waals surface area (Å²) in [5.74, 6) is -0.195. The predicted molar refractivity (Wildman–Crippen MR) is 67.2 cm³/mol. The first kappa shape index (κ1) is 15.2. The molecule has 0 bridgehead atoms. The monoisotopic (exact) mass is 324 g/mol. The van der Waals surface area contributed by atoms with Crippen LogP contribution in [-0.4, -0.2) is 29.2 Å². The van der Waals surface area contributed by atoms with E-state index in [1.165, 1.54) is 6.07 Å². The molecule has 114 valence electrons. The molecular weight excluding hydrogens is 317 g/mol. The summed E-state index contributed by atoms with van der Waals surface area (Å²) in [5, 5.41) is 11.8. The van der Waals surface area contributed by atoms with E-state index in [1.807, 2.05) is 0 Å². The van der Waals surface area contributed by atoms with E-state index in [9.17, 15) is 23.3 Å². The van der Waals surface area contributed by atoms with Gasteiger partial charge in [0.1, 0.15) is 0 Å². The first-order valence-corrected chi connectivity index (χ1v) is 5.94. The maximum atomic E-state index is 13.0. The van der Waals surface area contributed by atoms with E-state index >= 15 is 0 Å². The summed E-state index contributed by atoms with van der Waals surface area (Å²) in [4.78, 5) is 18.3. The van der Waals surface area contributed by atoms with Gasteiger partial charge in [-0.15, -0.1) is 10.1 Å². The minimum atomic E-state index is -4.69. The van der Waals surface area contributed by atoms with Gasteiger partial charge in [0.05, 0.1) is 29.4 Å². The van der Waals surface area contributed by atoms with Crippen molar-refractivity contribution in [2.75, 3.05) is 18.4 Å². The molecule has 1 aliphatic heterocycles. The number of guanidine groups is 1. The predicted octanol–water partition coefficient (Wildman–Crippen LogP) is 2.57. The number of hydroxylamine groups is 2. The largest absolute Gasteiger partial charge is 0.419 e. The summed E-state index contributed by atoms with van der Waals surface area (Å²) >= 11 is 5.57. The lowest BCUT2D eigenvalue weighted by Gasteiger charge is -2.20. The Morgan fingerprint density at radius 1 is 1.48 bits per heavy atom. The SMILES string of the molecule is O=[N+]([O-])ON1CCN=C1Nc1cccc(Cl)c1C(F)(F)F. The Bertz CT molecular complexity index is 593. The zero-order chi connectivity index (χ0) is 15.6. The molecule has 0 fully saturated rings. The fraction of sp³-hybridized carbons (Fsp3) is 0.300. The van der Waals surface area contributed by atoms with Crippen molar-refractivity contribution in [3.05, 3.63) is 38.9 Å². The van der Waals surface area contributed by atoms with Gasteiger partial charge < -0.3 is 5.32 Å². The second-order valence-electron chi connectivity index (χ2n) is 3.90. The Balaban J connectivity index is 2.28. The number of anilines is 1. The summed E-state index contributed by atoms with van der Waals surface area (Å²) in [6.45, 7) is 0.198. The lowest BCUT2D eigenvalue weighted by Crippen LogP contribution is -2.35. The van der Waals surface area contributed by atoms with Crippen LogP contribution in [0.15, 0.2) is 23.2 Å². The second kappa shape index (κ2) is 5.64. The van der Waals surface area contributed by atoms with Crippen LogP contribution >= 0.6 is 11.6 Å². The number of halogens is 4. The van der Waals surface area contributed by atoms with Crippen molar-refractivity contribution in [2.45, 2.75) is 6.18 Å². The zero-order valence-corrected chi connectivity index (χ0v) is 11.0. The first-order valence-electron chi connectivity index (χ1n) is 5.56. The Hall–Kier alpha value is -2.23. The number of alkyl halides is 3. The number of aliphatic imine (C=N–C) groups is 1. The average molecular weight is 325 g/mol. The van der Waals surface area contributed by atoms with Crippen molar-refractivity contribution < 1.29 is 23.2 Å². The lowest BCUT2D eigenvalue weighted by molar-refractivity contribution is -0.802. The molecule has 0 aliphatic carbocycles. The van der Waals surface area contributed by atoms with Crippen molar-refractivity contribution in [3.63, 3.8) is 0 Å². The van der Waals surface area contributed by atoms with E-state index in [1.54, 1.807) is 0 Å². The van der Waals surface area contributed by atoms with Gasteiger partial charge in [-0.3, -0.25) is 0 Å². The van der Waals surface area contributed by atoms with Crippen LogP contribution in [0.2, 0.25) is 5.02 Å². The van der Waals surface area contributed by atoms with E-state index < -0.39 is 21.8 Å². The highest BCUT2D eigenvalue weighted by atomic mass is 35.5. The molecule has 1 N–H and O–H groups in total. The number of benzene rings is 1. The van der Waals surface area contributed by atoms with E-state index in [4.69, 9.17) is 11.6 Å². The van der Waals surface area contributed by atoms with Gasteiger partial charge in [0.25, 0.3) is 0 Å². The lowest BCUT2D eigenvalue weighted by atomic mass is 10.1. The van der Waals surface area contributed by atoms with Crippen LogP contribution in [0.4, 0.5) is 18.9 Å². The summed E-state index contributed by atoms with van der Waals surface area (Å²) in [6.07, 6.45) is -4.69.